The van der Waals surface area contributed by atoms with Gasteiger partial charge in [0, 0.05) is 21.2 Å². The van der Waals surface area contributed by atoms with Crippen molar-refractivity contribution in [2.75, 3.05) is 0 Å². The number of thioether (sulfide) groups is 1. The van der Waals surface area contributed by atoms with E-state index in [0.29, 0.717) is 11.5 Å². The molecule has 0 saturated heterocycles. The first-order chi connectivity index (χ1) is 14.0. The maximum absolute atomic E-state index is 12.3. The Labute approximate surface area is 181 Å². The lowest BCUT2D eigenvalue weighted by molar-refractivity contribution is 0.0955. The zero-order valence-electron chi connectivity index (χ0n) is 16.4. The van der Waals surface area contributed by atoms with Crippen LogP contribution in [0.1, 0.15) is 46.8 Å². The minimum atomic E-state index is -0.225. The Morgan fingerprint density at radius 2 is 1.66 bits per heavy atom. The molecule has 3 aromatic carbocycles. The summed E-state index contributed by atoms with van der Waals surface area (Å²) in [4.78, 5) is 13.4. The van der Waals surface area contributed by atoms with Crippen molar-refractivity contribution in [2.24, 2.45) is 5.10 Å². The average Bonchev–Trinajstić information content (AvgIpc) is 2.74. The third-order valence-electron chi connectivity index (χ3n) is 4.42. The normalized spacial score (nSPS) is 11.2. The van der Waals surface area contributed by atoms with Gasteiger partial charge in [0.05, 0.1) is 6.21 Å². The summed E-state index contributed by atoms with van der Waals surface area (Å²) >= 11 is 7.64. The molecule has 0 aliphatic rings. The van der Waals surface area contributed by atoms with E-state index < -0.39 is 0 Å². The molecule has 29 heavy (non-hydrogen) atoms. The van der Waals surface area contributed by atoms with Gasteiger partial charge in [-0.1, -0.05) is 61.8 Å². The molecule has 5 heteroatoms. The molecule has 1 amide bonds. The Bertz CT molecular complexity index is 965. The number of hydrogen-bond acceptors (Lipinski definition) is 3. The minimum Gasteiger partial charge on any atom is -0.267 e. The van der Waals surface area contributed by atoms with E-state index in [1.807, 2.05) is 60.7 Å². The number of nitrogens with one attached hydrogen (secondary N) is 1. The van der Waals surface area contributed by atoms with Crippen molar-refractivity contribution in [1.29, 1.82) is 0 Å². The van der Waals surface area contributed by atoms with E-state index in [-0.39, 0.29) is 5.91 Å². The number of amides is 1. The van der Waals surface area contributed by atoms with Crippen LogP contribution >= 0.6 is 23.4 Å². The third kappa shape index (κ3) is 6.48. The van der Waals surface area contributed by atoms with E-state index in [0.717, 1.165) is 26.8 Å². The highest BCUT2D eigenvalue weighted by Crippen LogP contribution is 2.24. The first-order valence-corrected chi connectivity index (χ1v) is 10.8. The maximum atomic E-state index is 12.3. The Morgan fingerprint density at radius 3 is 2.28 bits per heavy atom. The second-order valence-corrected chi connectivity index (χ2v) is 8.45. The molecule has 0 atom stereocenters. The molecule has 0 radical (unpaired) electrons. The summed E-state index contributed by atoms with van der Waals surface area (Å²) in [5.41, 5.74) is 6.54. The average molecular weight is 423 g/mol. The van der Waals surface area contributed by atoms with Gasteiger partial charge in [-0.25, -0.2) is 5.43 Å². The summed E-state index contributed by atoms with van der Waals surface area (Å²) in [7, 11) is 0. The molecule has 0 aromatic heterocycles. The topological polar surface area (TPSA) is 41.5 Å². The van der Waals surface area contributed by atoms with Gasteiger partial charge < -0.3 is 0 Å². The summed E-state index contributed by atoms with van der Waals surface area (Å²) in [6.45, 7) is 4.32. The molecule has 0 fully saturated rings. The van der Waals surface area contributed by atoms with Crippen molar-refractivity contribution in [1.82, 2.24) is 5.43 Å². The molecule has 0 bridgehead atoms. The van der Waals surface area contributed by atoms with Gasteiger partial charge in [-0.15, -0.1) is 11.8 Å². The van der Waals surface area contributed by atoms with E-state index >= 15 is 0 Å². The van der Waals surface area contributed by atoms with Gasteiger partial charge in [0.1, 0.15) is 0 Å². The van der Waals surface area contributed by atoms with Crippen molar-refractivity contribution in [3.8, 4) is 0 Å². The van der Waals surface area contributed by atoms with Gasteiger partial charge in [0.15, 0.2) is 0 Å². The number of nitrogens with zero attached hydrogens (tertiary/aromatic N) is 1. The van der Waals surface area contributed by atoms with E-state index in [1.54, 1.807) is 18.0 Å². The van der Waals surface area contributed by atoms with Crippen LogP contribution in [0.5, 0.6) is 0 Å². The second-order valence-electron chi connectivity index (χ2n) is 6.96. The predicted molar refractivity (Wildman–Crippen MR) is 123 cm³/mol. The van der Waals surface area contributed by atoms with Crippen LogP contribution in [0.25, 0.3) is 0 Å². The molecule has 3 rings (SSSR count). The Morgan fingerprint density at radius 1 is 1.00 bits per heavy atom. The molecule has 0 saturated carbocycles. The zero-order valence-corrected chi connectivity index (χ0v) is 18.0. The second kappa shape index (κ2) is 10.3. The quantitative estimate of drug-likeness (QED) is 0.267. The van der Waals surface area contributed by atoms with Crippen LogP contribution in [-0.2, 0) is 5.75 Å². The molecule has 0 heterocycles. The van der Waals surface area contributed by atoms with Crippen LogP contribution in [0.15, 0.2) is 82.8 Å². The maximum Gasteiger partial charge on any atom is 0.271 e. The van der Waals surface area contributed by atoms with Crippen molar-refractivity contribution >= 4 is 35.5 Å². The van der Waals surface area contributed by atoms with Crippen LogP contribution in [0.2, 0.25) is 5.02 Å². The highest BCUT2D eigenvalue weighted by atomic mass is 35.5. The molecule has 3 aromatic rings. The zero-order chi connectivity index (χ0) is 20.6. The number of carbonyl (C=O) groups is 1. The van der Waals surface area contributed by atoms with Crippen LogP contribution in [0.3, 0.4) is 0 Å². The summed E-state index contributed by atoms with van der Waals surface area (Å²) in [5.74, 6) is 1.10. The van der Waals surface area contributed by atoms with Gasteiger partial charge >= 0.3 is 0 Å². The summed E-state index contributed by atoms with van der Waals surface area (Å²) < 4.78 is 0. The number of benzene rings is 3. The lowest BCUT2D eigenvalue weighted by atomic mass is 10.0. The van der Waals surface area contributed by atoms with Gasteiger partial charge in [0.25, 0.3) is 5.91 Å². The van der Waals surface area contributed by atoms with Crippen molar-refractivity contribution < 1.29 is 4.79 Å². The first kappa shape index (κ1) is 21.2. The summed E-state index contributed by atoms with van der Waals surface area (Å²) in [5, 5.41) is 4.79. The first-order valence-electron chi connectivity index (χ1n) is 9.42. The highest BCUT2D eigenvalue weighted by molar-refractivity contribution is 7.98. The Hall–Kier alpha value is -2.56. The molecular formula is C24H23ClN2OS. The number of carbonyl (C=O) groups excluding carboxylic acids is 1. The van der Waals surface area contributed by atoms with Crippen molar-refractivity contribution in [3.05, 3.63) is 100 Å². The number of rotatable bonds is 7. The third-order valence-corrected chi connectivity index (χ3v) is 5.75. The van der Waals surface area contributed by atoms with Crippen LogP contribution in [0.4, 0.5) is 0 Å². The van der Waals surface area contributed by atoms with E-state index in [1.165, 1.54) is 5.56 Å². The Balaban J connectivity index is 1.51. The summed E-state index contributed by atoms with van der Waals surface area (Å²) in [6.07, 6.45) is 1.65. The monoisotopic (exact) mass is 422 g/mol. The van der Waals surface area contributed by atoms with Gasteiger partial charge in [-0.05, 0) is 59.0 Å². The minimum absolute atomic E-state index is 0.225. The van der Waals surface area contributed by atoms with Gasteiger partial charge in [0.2, 0.25) is 0 Å². The largest absolute Gasteiger partial charge is 0.271 e. The fourth-order valence-electron chi connectivity index (χ4n) is 2.65. The molecule has 1 N–H and O–H groups in total. The van der Waals surface area contributed by atoms with Gasteiger partial charge in [-0.3, -0.25) is 4.79 Å². The van der Waals surface area contributed by atoms with Crippen molar-refractivity contribution in [2.45, 2.75) is 30.4 Å². The standard InChI is InChI=1S/C24H23ClN2OS/c1-17(2)20-7-3-18(4-8-20)15-26-27-24(28)21-9-5-19(6-10-21)16-29-23-13-11-22(25)12-14-23/h3-15,17H,16H2,1-2H3,(H,27,28)/b26-15-. The molecule has 0 aliphatic heterocycles. The summed E-state index contributed by atoms with van der Waals surface area (Å²) in [6, 6.07) is 23.5. The van der Waals surface area contributed by atoms with Gasteiger partial charge in [-0.2, -0.15) is 5.10 Å². The lowest BCUT2D eigenvalue weighted by Crippen LogP contribution is -2.17. The van der Waals surface area contributed by atoms with E-state index in [4.69, 9.17) is 11.6 Å². The fraction of sp³-hybridized carbons (Fsp3) is 0.167. The van der Waals surface area contributed by atoms with E-state index in [9.17, 15) is 4.79 Å². The smallest absolute Gasteiger partial charge is 0.267 e. The van der Waals surface area contributed by atoms with E-state index in [2.05, 4.69) is 36.5 Å². The molecule has 148 valence electrons. The molecular weight excluding hydrogens is 400 g/mol. The Kier molecular flexibility index (Phi) is 7.50. The molecule has 0 unspecified atom stereocenters. The highest BCUT2D eigenvalue weighted by Gasteiger charge is 2.05. The predicted octanol–water partition coefficient (Wildman–Crippen LogP) is 6.52. The molecule has 3 nitrogen and oxygen atoms in total. The van der Waals surface area contributed by atoms with Crippen LogP contribution in [0, 0.1) is 0 Å². The fourth-order valence-corrected chi connectivity index (χ4v) is 3.63. The lowest BCUT2D eigenvalue weighted by Gasteiger charge is -2.05. The number of hydrazone groups is 1. The molecule has 0 aliphatic carbocycles. The SMILES string of the molecule is CC(C)c1ccc(/C=N\NC(=O)c2ccc(CSc3ccc(Cl)cc3)cc2)cc1. The van der Waals surface area contributed by atoms with Crippen LogP contribution < -0.4 is 5.43 Å². The number of hydrogen-bond donors (Lipinski definition) is 1. The van der Waals surface area contributed by atoms with Crippen molar-refractivity contribution in [3.63, 3.8) is 0 Å². The number of halogens is 1. The molecule has 0 spiro atoms. The van der Waals surface area contributed by atoms with Crippen LogP contribution in [-0.4, -0.2) is 12.1 Å².